The van der Waals surface area contributed by atoms with Gasteiger partial charge in [-0.2, -0.15) is 0 Å². The number of amides is 1. The van der Waals surface area contributed by atoms with Crippen LogP contribution in [0.4, 0.5) is 0 Å². The first-order chi connectivity index (χ1) is 8.75. The first kappa shape index (κ1) is 11.2. The van der Waals surface area contributed by atoms with Crippen molar-refractivity contribution in [2.24, 2.45) is 5.73 Å². The Morgan fingerprint density at radius 1 is 1.39 bits per heavy atom. The Kier molecular flexibility index (Phi) is 2.72. The van der Waals surface area contributed by atoms with Crippen LogP contribution >= 0.6 is 0 Å². The molecule has 2 heterocycles. The first-order valence-corrected chi connectivity index (χ1v) is 6.03. The number of hydrogen-bond donors (Lipinski definition) is 1. The van der Waals surface area contributed by atoms with Crippen LogP contribution in [-0.4, -0.2) is 24.1 Å². The maximum Gasteiger partial charge on any atom is 0.249 e. The zero-order valence-electron chi connectivity index (χ0n) is 9.93. The van der Waals surface area contributed by atoms with Gasteiger partial charge in [0, 0.05) is 23.6 Å². The van der Waals surface area contributed by atoms with Crippen molar-refractivity contribution in [1.29, 1.82) is 0 Å². The van der Waals surface area contributed by atoms with E-state index in [0.29, 0.717) is 12.2 Å². The SMILES string of the molecule is NC(=O)c1cc([C@@H]2CCOC2)nc2ccccc12. The summed E-state index contributed by atoms with van der Waals surface area (Å²) < 4.78 is 5.37. The molecule has 1 aliphatic rings. The summed E-state index contributed by atoms with van der Waals surface area (Å²) in [5, 5.41) is 0.813. The highest BCUT2D eigenvalue weighted by Crippen LogP contribution is 2.27. The van der Waals surface area contributed by atoms with Gasteiger partial charge >= 0.3 is 0 Å². The molecule has 1 fully saturated rings. The number of nitrogens with two attached hydrogens (primary N) is 1. The highest BCUT2D eigenvalue weighted by atomic mass is 16.5. The molecule has 1 atom stereocenters. The molecule has 0 radical (unpaired) electrons. The van der Waals surface area contributed by atoms with E-state index in [2.05, 4.69) is 4.98 Å². The summed E-state index contributed by atoms with van der Waals surface area (Å²) in [5.41, 5.74) is 7.71. The summed E-state index contributed by atoms with van der Waals surface area (Å²) in [6.07, 6.45) is 0.948. The number of nitrogens with zero attached hydrogens (tertiary/aromatic N) is 1. The second-order valence-corrected chi connectivity index (χ2v) is 4.54. The van der Waals surface area contributed by atoms with Crippen LogP contribution in [0.15, 0.2) is 30.3 Å². The molecule has 0 saturated carbocycles. The van der Waals surface area contributed by atoms with Crippen molar-refractivity contribution >= 4 is 16.8 Å². The number of para-hydroxylation sites is 1. The Morgan fingerprint density at radius 2 is 2.22 bits per heavy atom. The number of fused-ring (bicyclic) bond motifs is 1. The zero-order chi connectivity index (χ0) is 12.5. The lowest BCUT2D eigenvalue weighted by atomic mass is 9.99. The van der Waals surface area contributed by atoms with E-state index in [9.17, 15) is 4.79 Å². The van der Waals surface area contributed by atoms with Gasteiger partial charge in [-0.15, -0.1) is 0 Å². The molecule has 1 aromatic heterocycles. The highest BCUT2D eigenvalue weighted by Gasteiger charge is 2.21. The van der Waals surface area contributed by atoms with Gasteiger partial charge in [0.2, 0.25) is 5.91 Å². The minimum absolute atomic E-state index is 0.271. The molecule has 2 aromatic rings. The number of hydrogen-bond acceptors (Lipinski definition) is 3. The Balaban J connectivity index is 2.19. The number of aromatic nitrogens is 1. The fraction of sp³-hybridized carbons (Fsp3) is 0.286. The molecule has 0 spiro atoms. The predicted octanol–water partition coefficient (Wildman–Crippen LogP) is 1.84. The fourth-order valence-electron chi connectivity index (χ4n) is 2.38. The average molecular weight is 242 g/mol. The van der Waals surface area contributed by atoms with Gasteiger partial charge in [0.15, 0.2) is 0 Å². The topological polar surface area (TPSA) is 65.2 Å². The van der Waals surface area contributed by atoms with Gasteiger partial charge in [0.05, 0.1) is 17.7 Å². The Labute approximate surface area is 105 Å². The Bertz CT molecular complexity index is 604. The largest absolute Gasteiger partial charge is 0.381 e. The van der Waals surface area contributed by atoms with Crippen LogP contribution < -0.4 is 5.73 Å². The quantitative estimate of drug-likeness (QED) is 0.873. The lowest BCUT2D eigenvalue weighted by Crippen LogP contribution is -2.13. The van der Waals surface area contributed by atoms with E-state index >= 15 is 0 Å². The van der Waals surface area contributed by atoms with Crippen LogP contribution in [-0.2, 0) is 4.74 Å². The molecule has 3 rings (SSSR count). The number of carbonyl (C=O) groups excluding carboxylic acids is 1. The number of primary amides is 1. The molecule has 0 unspecified atom stereocenters. The van der Waals surface area contributed by atoms with Crippen molar-refractivity contribution < 1.29 is 9.53 Å². The van der Waals surface area contributed by atoms with Gasteiger partial charge in [0.1, 0.15) is 0 Å². The molecule has 92 valence electrons. The van der Waals surface area contributed by atoms with Crippen molar-refractivity contribution in [1.82, 2.24) is 4.98 Å². The second-order valence-electron chi connectivity index (χ2n) is 4.54. The third-order valence-electron chi connectivity index (χ3n) is 3.35. The van der Waals surface area contributed by atoms with Crippen molar-refractivity contribution in [3.8, 4) is 0 Å². The van der Waals surface area contributed by atoms with E-state index in [1.165, 1.54) is 0 Å². The van der Waals surface area contributed by atoms with Crippen molar-refractivity contribution in [2.75, 3.05) is 13.2 Å². The Hall–Kier alpha value is -1.94. The normalized spacial score (nSPS) is 19.2. The highest BCUT2D eigenvalue weighted by molar-refractivity contribution is 6.05. The molecule has 1 aliphatic heterocycles. The van der Waals surface area contributed by atoms with Gasteiger partial charge in [-0.1, -0.05) is 18.2 Å². The summed E-state index contributed by atoms with van der Waals surface area (Å²) in [7, 11) is 0. The van der Waals surface area contributed by atoms with Crippen LogP contribution in [0.3, 0.4) is 0 Å². The number of benzene rings is 1. The first-order valence-electron chi connectivity index (χ1n) is 6.03. The number of rotatable bonds is 2. The van der Waals surface area contributed by atoms with Gasteiger partial charge in [-0.3, -0.25) is 9.78 Å². The number of carbonyl (C=O) groups is 1. The molecule has 4 nitrogen and oxygen atoms in total. The fourth-order valence-corrected chi connectivity index (χ4v) is 2.38. The molecular weight excluding hydrogens is 228 g/mol. The van der Waals surface area contributed by atoms with E-state index in [1.54, 1.807) is 0 Å². The monoisotopic (exact) mass is 242 g/mol. The van der Waals surface area contributed by atoms with E-state index in [-0.39, 0.29) is 5.92 Å². The summed E-state index contributed by atoms with van der Waals surface area (Å²) in [6, 6.07) is 9.38. The standard InChI is InChI=1S/C14H14N2O2/c15-14(17)11-7-13(9-5-6-18-8-9)16-12-4-2-1-3-10(11)12/h1-4,7,9H,5-6,8H2,(H2,15,17)/t9-/m1/s1. The molecule has 2 N–H and O–H groups in total. The molecule has 4 heteroatoms. The zero-order valence-corrected chi connectivity index (χ0v) is 9.93. The van der Waals surface area contributed by atoms with Crippen molar-refractivity contribution in [3.63, 3.8) is 0 Å². The van der Waals surface area contributed by atoms with Crippen LogP contribution in [0.5, 0.6) is 0 Å². The van der Waals surface area contributed by atoms with E-state index in [1.807, 2.05) is 30.3 Å². The van der Waals surface area contributed by atoms with Gasteiger partial charge < -0.3 is 10.5 Å². The Morgan fingerprint density at radius 3 is 2.94 bits per heavy atom. The van der Waals surface area contributed by atoms with Crippen molar-refractivity contribution in [2.45, 2.75) is 12.3 Å². The third kappa shape index (κ3) is 1.84. The molecule has 18 heavy (non-hydrogen) atoms. The molecule has 0 bridgehead atoms. The van der Waals surface area contributed by atoms with E-state index < -0.39 is 5.91 Å². The molecule has 1 amide bonds. The molecular formula is C14H14N2O2. The lowest BCUT2D eigenvalue weighted by molar-refractivity contribution is 0.100. The minimum atomic E-state index is -0.409. The van der Waals surface area contributed by atoms with E-state index in [4.69, 9.17) is 10.5 Å². The van der Waals surface area contributed by atoms with Crippen LogP contribution in [0, 0.1) is 0 Å². The van der Waals surface area contributed by atoms with Gasteiger partial charge in [-0.25, -0.2) is 0 Å². The van der Waals surface area contributed by atoms with Crippen LogP contribution in [0.25, 0.3) is 10.9 Å². The van der Waals surface area contributed by atoms with Crippen molar-refractivity contribution in [3.05, 3.63) is 41.6 Å². The van der Waals surface area contributed by atoms with E-state index in [0.717, 1.165) is 29.6 Å². The summed E-state index contributed by atoms with van der Waals surface area (Å²) in [4.78, 5) is 16.2. The number of pyridine rings is 1. The average Bonchev–Trinajstić information content (AvgIpc) is 2.91. The third-order valence-corrected chi connectivity index (χ3v) is 3.35. The molecule has 1 saturated heterocycles. The second kappa shape index (κ2) is 4.38. The van der Waals surface area contributed by atoms with Crippen LogP contribution in [0.2, 0.25) is 0 Å². The maximum absolute atomic E-state index is 11.5. The van der Waals surface area contributed by atoms with Gasteiger partial charge in [-0.05, 0) is 18.6 Å². The minimum Gasteiger partial charge on any atom is -0.381 e. The number of ether oxygens (including phenoxy) is 1. The maximum atomic E-state index is 11.5. The molecule has 0 aliphatic carbocycles. The summed E-state index contributed by atoms with van der Waals surface area (Å²) in [6.45, 7) is 1.43. The summed E-state index contributed by atoms with van der Waals surface area (Å²) in [5.74, 6) is -0.138. The van der Waals surface area contributed by atoms with Crippen LogP contribution in [0.1, 0.15) is 28.4 Å². The predicted molar refractivity (Wildman–Crippen MR) is 68.4 cm³/mol. The smallest absolute Gasteiger partial charge is 0.249 e. The summed E-state index contributed by atoms with van der Waals surface area (Å²) >= 11 is 0. The molecule has 1 aromatic carbocycles. The van der Waals surface area contributed by atoms with Gasteiger partial charge in [0.25, 0.3) is 0 Å². The lowest BCUT2D eigenvalue weighted by Gasteiger charge is -2.11.